The van der Waals surface area contributed by atoms with E-state index in [0.717, 1.165) is 27.6 Å². The van der Waals surface area contributed by atoms with Gasteiger partial charge in [0.25, 0.3) is 0 Å². The van der Waals surface area contributed by atoms with Crippen LogP contribution in [-0.4, -0.2) is 25.2 Å². The van der Waals surface area contributed by atoms with Gasteiger partial charge in [-0.15, -0.1) is 0 Å². The van der Waals surface area contributed by atoms with Crippen LogP contribution in [0.5, 0.6) is 0 Å². The Morgan fingerprint density at radius 1 is 1.67 bits per heavy atom. The smallest absolute Gasteiger partial charge is 0.183 e. The molecule has 1 aromatic heterocycles. The predicted octanol–water partition coefficient (Wildman–Crippen LogP) is 1.74. The third-order valence-corrected chi connectivity index (χ3v) is 2.87. The molecule has 79 valence electrons. The molecule has 0 amide bonds. The average molecular weight is 222 g/mol. The van der Waals surface area contributed by atoms with E-state index in [-0.39, 0.29) is 0 Å². The van der Waals surface area contributed by atoms with Gasteiger partial charge in [-0.05, 0) is 12.1 Å². The van der Waals surface area contributed by atoms with Crippen LogP contribution < -0.4 is 11.1 Å². The van der Waals surface area contributed by atoms with Crippen LogP contribution in [0.15, 0.2) is 12.1 Å². The van der Waals surface area contributed by atoms with Gasteiger partial charge in [0.05, 0.1) is 16.8 Å². The fourth-order valence-electron chi connectivity index (χ4n) is 1.21. The van der Waals surface area contributed by atoms with Crippen LogP contribution in [0.4, 0.5) is 10.8 Å². The number of ether oxygens (including phenoxy) is 1. The number of hydrogen-bond donors (Lipinski definition) is 2. The molecule has 2 rings (SSSR count). The van der Waals surface area contributed by atoms with Gasteiger partial charge in [-0.25, -0.2) is 4.98 Å². The molecular weight excluding hydrogens is 210 g/mol. The Kier molecular flexibility index (Phi) is 3.03. The van der Waals surface area contributed by atoms with Gasteiger partial charge in [0.2, 0.25) is 0 Å². The Bertz CT molecular complexity index is 455. The van der Waals surface area contributed by atoms with Gasteiger partial charge in [0.15, 0.2) is 5.13 Å². The Hall–Kier alpha value is -1.33. The molecule has 5 heteroatoms. The molecule has 0 unspecified atom stereocenters. The number of nitrogen functional groups attached to an aromatic ring is 1. The minimum absolute atomic E-state index is 0.668. The molecule has 0 spiro atoms. The summed E-state index contributed by atoms with van der Waals surface area (Å²) >= 11 is 1.57. The zero-order valence-corrected chi connectivity index (χ0v) is 9.23. The second kappa shape index (κ2) is 4.46. The topological polar surface area (TPSA) is 60.2 Å². The number of methoxy groups -OCH3 is 1. The third kappa shape index (κ3) is 2.37. The van der Waals surface area contributed by atoms with Crippen molar-refractivity contribution in [2.24, 2.45) is 0 Å². The zero-order valence-electron chi connectivity index (χ0n) is 8.41. The highest BCUT2D eigenvalue weighted by molar-refractivity contribution is 7.22. The molecule has 1 heterocycles. The van der Waals surface area contributed by atoms with E-state index in [1.165, 1.54) is 0 Å². The highest BCUT2D eigenvalue weighted by Gasteiger charge is 2.03. The van der Waals surface area contributed by atoms with Gasteiger partial charge in [0.1, 0.15) is 0 Å². The first-order valence-corrected chi connectivity index (χ1v) is 5.42. The molecule has 0 aliphatic heterocycles. The summed E-state index contributed by atoms with van der Waals surface area (Å²) in [4.78, 5) is 4.37. The molecule has 0 fully saturated rings. The van der Waals surface area contributed by atoms with E-state index in [1.807, 2.05) is 6.07 Å². The summed E-state index contributed by atoms with van der Waals surface area (Å²) in [6.07, 6.45) is 0. The van der Waals surface area contributed by atoms with Crippen molar-refractivity contribution in [2.75, 3.05) is 31.3 Å². The zero-order chi connectivity index (χ0) is 10.7. The normalized spacial score (nSPS) is 10.7. The van der Waals surface area contributed by atoms with Crippen molar-refractivity contribution in [1.29, 1.82) is 0 Å². The van der Waals surface area contributed by atoms with Crippen molar-refractivity contribution >= 4 is 32.4 Å². The van der Waals surface area contributed by atoms with Crippen LogP contribution >= 0.6 is 11.3 Å². The van der Waals surface area contributed by atoms with E-state index in [1.54, 1.807) is 24.5 Å². The molecule has 0 saturated heterocycles. The Balaban J connectivity index is 2.16. The molecule has 4 nitrogen and oxygen atoms in total. The molecular formula is C10H12N3OS. The van der Waals surface area contributed by atoms with Crippen LogP contribution in [-0.2, 0) is 4.74 Å². The van der Waals surface area contributed by atoms with Crippen LogP contribution in [0, 0.1) is 6.07 Å². The van der Waals surface area contributed by atoms with Crippen molar-refractivity contribution in [3.63, 3.8) is 0 Å². The molecule has 0 saturated carbocycles. The standard InChI is InChI=1S/C10H12N3OS/c1-14-5-4-12-10-13-8-3-2-7(11)6-9(8)15-10/h2,6H,4-5,11H2,1H3,(H,12,13). The molecule has 0 aliphatic rings. The summed E-state index contributed by atoms with van der Waals surface area (Å²) in [6, 6.07) is 6.68. The highest BCUT2D eigenvalue weighted by Crippen LogP contribution is 2.26. The molecule has 0 atom stereocenters. The molecule has 3 N–H and O–H groups in total. The van der Waals surface area contributed by atoms with Crippen LogP contribution in [0.1, 0.15) is 0 Å². The Morgan fingerprint density at radius 3 is 3.33 bits per heavy atom. The number of nitrogens with zero attached hydrogens (tertiary/aromatic N) is 1. The first-order valence-electron chi connectivity index (χ1n) is 4.60. The summed E-state index contributed by atoms with van der Waals surface area (Å²) in [5, 5.41) is 4.05. The van der Waals surface area contributed by atoms with Crippen molar-refractivity contribution in [3.05, 3.63) is 18.2 Å². The van der Waals surface area contributed by atoms with Gasteiger partial charge in [-0.1, -0.05) is 11.3 Å². The Labute approximate surface area is 92.1 Å². The number of anilines is 2. The maximum Gasteiger partial charge on any atom is 0.183 e. The minimum atomic E-state index is 0.668. The van der Waals surface area contributed by atoms with E-state index >= 15 is 0 Å². The fraction of sp³-hybridized carbons (Fsp3) is 0.300. The fourth-order valence-corrected chi connectivity index (χ4v) is 2.13. The number of hydrogen-bond acceptors (Lipinski definition) is 5. The largest absolute Gasteiger partial charge is 0.399 e. The summed E-state index contributed by atoms with van der Waals surface area (Å²) in [5.41, 5.74) is 7.23. The lowest BCUT2D eigenvalue weighted by atomic mass is 10.3. The van der Waals surface area contributed by atoms with Gasteiger partial charge < -0.3 is 15.8 Å². The second-order valence-corrected chi connectivity index (χ2v) is 4.12. The number of aromatic nitrogens is 1. The summed E-state index contributed by atoms with van der Waals surface area (Å²) in [5.74, 6) is 0. The van der Waals surface area contributed by atoms with Crippen molar-refractivity contribution in [1.82, 2.24) is 4.98 Å². The molecule has 2 aromatic rings. The lowest BCUT2D eigenvalue weighted by molar-refractivity contribution is 0.211. The minimum Gasteiger partial charge on any atom is -0.399 e. The lowest BCUT2D eigenvalue weighted by Gasteiger charge is -1.99. The number of thiazole rings is 1. The summed E-state index contributed by atoms with van der Waals surface area (Å²) in [6.45, 7) is 1.42. The van der Waals surface area contributed by atoms with Crippen LogP contribution in [0.3, 0.4) is 0 Å². The number of benzene rings is 1. The first kappa shape index (κ1) is 10.2. The molecule has 1 aromatic carbocycles. The van der Waals surface area contributed by atoms with Gasteiger partial charge in [-0.2, -0.15) is 0 Å². The summed E-state index contributed by atoms with van der Waals surface area (Å²) < 4.78 is 5.99. The molecule has 1 radical (unpaired) electrons. The van der Waals surface area contributed by atoms with Gasteiger partial charge in [0, 0.05) is 25.4 Å². The molecule has 0 aliphatic carbocycles. The SMILES string of the molecule is COCCNc1nc2[c]cc(N)cc2s1. The third-order valence-electron chi connectivity index (χ3n) is 1.91. The number of nitrogens with two attached hydrogens (primary N) is 1. The van der Waals surface area contributed by atoms with E-state index in [0.29, 0.717) is 6.61 Å². The molecule has 0 bridgehead atoms. The van der Waals surface area contributed by atoms with Crippen LogP contribution in [0.2, 0.25) is 0 Å². The van der Waals surface area contributed by atoms with E-state index < -0.39 is 0 Å². The van der Waals surface area contributed by atoms with E-state index in [9.17, 15) is 0 Å². The second-order valence-electron chi connectivity index (χ2n) is 3.08. The summed E-state index contributed by atoms with van der Waals surface area (Å²) in [7, 11) is 1.68. The van der Waals surface area contributed by atoms with Gasteiger partial charge >= 0.3 is 0 Å². The quantitative estimate of drug-likeness (QED) is 0.611. The van der Waals surface area contributed by atoms with Crippen molar-refractivity contribution in [2.45, 2.75) is 0 Å². The average Bonchev–Trinajstić information content (AvgIpc) is 2.60. The molecule has 15 heavy (non-hydrogen) atoms. The van der Waals surface area contributed by atoms with Crippen molar-refractivity contribution in [3.8, 4) is 0 Å². The maximum absolute atomic E-state index is 5.66. The maximum atomic E-state index is 5.66. The van der Waals surface area contributed by atoms with E-state index in [4.69, 9.17) is 10.5 Å². The predicted molar refractivity (Wildman–Crippen MR) is 63.2 cm³/mol. The number of rotatable bonds is 4. The van der Waals surface area contributed by atoms with Gasteiger partial charge in [-0.3, -0.25) is 0 Å². The Morgan fingerprint density at radius 2 is 2.53 bits per heavy atom. The van der Waals surface area contributed by atoms with Crippen LogP contribution in [0.25, 0.3) is 10.2 Å². The monoisotopic (exact) mass is 222 g/mol. The van der Waals surface area contributed by atoms with E-state index in [2.05, 4.69) is 16.4 Å². The first-order chi connectivity index (χ1) is 7.29. The lowest BCUT2D eigenvalue weighted by Crippen LogP contribution is -2.06. The number of fused-ring (bicyclic) bond motifs is 1. The highest BCUT2D eigenvalue weighted by atomic mass is 32.1. The van der Waals surface area contributed by atoms with Crippen molar-refractivity contribution < 1.29 is 4.74 Å². The number of nitrogens with one attached hydrogen (secondary N) is 1.